The predicted octanol–water partition coefficient (Wildman–Crippen LogP) is 2.60. The predicted molar refractivity (Wildman–Crippen MR) is 71.7 cm³/mol. The minimum atomic E-state index is 0.764. The highest BCUT2D eigenvalue weighted by molar-refractivity contribution is 4.82. The highest BCUT2D eigenvalue weighted by atomic mass is 15.2. The first-order valence-electron chi connectivity index (χ1n) is 6.99. The number of hydrogen-bond acceptors (Lipinski definition) is 2. The Balaban J connectivity index is 2.39. The first-order valence-corrected chi connectivity index (χ1v) is 6.99. The van der Waals surface area contributed by atoms with Crippen molar-refractivity contribution < 1.29 is 0 Å². The second-order valence-electron chi connectivity index (χ2n) is 5.93. The third-order valence-corrected chi connectivity index (χ3v) is 4.01. The van der Waals surface area contributed by atoms with Gasteiger partial charge < -0.3 is 5.32 Å². The summed E-state index contributed by atoms with van der Waals surface area (Å²) in [6.45, 7) is 16.5. The normalized spacial score (nSPS) is 33.9. The molecule has 0 aromatic rings. The summed E-state index contributed by atoms with van der Waals surface area (Å²) in [5.41, 5.74) is 0. The van der Waals surface area contributed by atoms with E-state index in [4.69, 9.17) is 0 Å². The summed E-state index contributed by atoms with van der Waals surface area (Å²) in [7, 11) is 0. The van der Waals surface area contributed by atoms with Gasteiger partial charge in [0.2, 0.25) is 0 Å². The van der Waals surface area contributed by atoms with E-state index in [2.05, 4.69) is 44.8 Å². The third kappa shape index (κ3) is 4.06. The number of nitrogens with zero attached hydrogens (tertiary/aromatic N) is 1. The Labute approximate surface area is 102 Å². The first-order chi connectivity index (χ1) is 7.54. The molecular weight excluding hydrogens is 196 g/mol. The zero-order chi connectivity index (χ0) is 12.1. The lowest BCUT2D eigenvalue weighted by molar-refractivity contribution is 0.0670. The Bertz CT molecular complexity index is 193. The number of hydrogen-bond donors (Lipinski definition) is 1. The van der Waals surface area contributed by atoms with Crippen LogP contribution in [0, 0.1) is 17.8 Å². The highest BCUT2D eigenvalue weighted by Gasteiger charge is 2.29. The van der Waals surface area contributed by atoms with Crippen molar-refractivity contribution >= 4 is 0 Å². The summed E-state index contributed by atoms with van der Waals surface area (Å²) in [6.07, 6.45) is 1.40. The van der Waals surface area contributed by atoms with Gasteiger partial charge in [0.25, 0.3) is 0 Å². The molecule has 4 atom stereocenters. The maximum atomic E-state index is 3.45. The first kappa shape index (κ1) is 14.0. The van der Waals surface area contributed by atoms with E-state index in [1.54, 1.807) is 0 Å². The molecule has 96 valence electrons. The van der Waals surface area contributed by atoms with Crippen LogP contribution >= 0.6 is 0 Å². The molecule has 1 heterocycles. The standard InChI is InChI=1S/C14H30N2/c1-6-15-8-12(3)10-16-9-11(2)7-13(4)14(16)5/h11-15H,6-10H2,1-5H3. The Hall–Kier alpha value is -0.0800. The Kier molecular flexibility index (Phi) is 5.77. The molecule has 2 nitrogen and oxygen atoms in total. The van der Waals surface area contributed by atoms with Crippen LogP contribution in [-0.2, 0) is 0 Å². The van der Waals surface area contributed by atoms with Crippen LogP contribution in [0.15, 0.2) is 0 Å². The molecule has 0 amide bonds. The third-order valence-electron chi connectivity index (χ3n) is 4.01. The highest BCUT2D eigenvalue weighted by Crippen LogP contribution is 2.27. The molecule has 0 radical (unpaired) electrons. The van der Waals surface area contributed by atoms with Crippen molar-refractivity contribution in [2.75, 3.05) is 26.2 Å². The molecule has 1 fully saturated rings. The number of piperidine rings is 1. The van der Waals surface area contributed by atoms with E-state index in [1.165, 1.54) is 19.5 Å². The lowest BCUT2D eigenvalue weighted by Crippen LogP contribution is -2.48. The van der Waals surface area contributed by atoms with Crippen LogP contribution in [0.4, 0.5) is 0 Å². The minimum Gasteiger partial charge on any atom is -0.317 e. The molecule has 0 bridgehead atoms. The monoisotopic (exact) mass is 226 g/mol. The van der Waals surface area contributed by atoms with Crippen molar-refractivity contribution in [3.05, 3.63) is 0 Å². The molecule has 0 aromatic heterocycles. The van der Waals surface area contributed by atoms with E-state index < -0.39 is 0 Å². The summed E-state index contributed by atoms with van der Waals surface area (Å²) >= 11 is 0. The number of likely N-dealkylation sites (tertiary alicyclic amines) is 1. The molecule has 1 rings (SSSR count). The van der Waals surface area contributed by atoms with Crippen molar-refractivity contribution in [1.82, 2.24) is 10.2 Å². The van der Waals surface area contributed by atoms with Crippen molar-refractivity contribution in [3.63, 3.8) is 0 Å². The van der Waals surface area contributed by atoms with Gasteiger partial charge in [0.05, 0.1) is 0 Å². The molecule has 1 aliphatic heterocycles. The Morgan fingerprint density at radius 1 is 1.31 bits per heavy atom. The van der Waals surface area contributed by atoms with Crippen molar-refractivity contribution in [2.24, 2.45) is 17.8 Å². The number of rotatable bonds is 5. The molecular formula is C14H30N2. The van der Waals surface area contributed by atoms with E-state index in [0.717, 1.165) is 36.9 Å². The van der Waals surface area contributed by atoms with E-state index in [0.29, 0.717) is 0 Å². The lowest BCUT2D eigenvalue weighted by atomic mass is 9.85. The average Bonchev–Trinajstić information content (AvgIpc) is 2.22. The van der Waals surface area contributed by atoms with Crippen LogP contribution in [0.1, 0.15) is 41.0 Å². The summed E-state index contributed by atoms with van der Waals surface area (Å²) in [5.74, 6) is 2.49. The van der Waals surface area contributed by atoms with Gasteiger partial charge in [-0.05, 0) is 44.2 Å². The van der Waals surface area contributed by atoms with Gasteiger partial charge in [-0.25, -0.2) is 0 Å². The summed E-state index contributed by atoms with van der Waals surface area (Å²) in [4.78, 5) is 2.70. The molecule has 16 heavy (non-hydrogen) atoms. The van der Waals surface area contributed by atoms with E-state index in [9.17, 15) is 0 Å². The molecule has 4 unspecified atom stereocenters. The molecule has 1 saturated heterocycles. The largest absolute Gasteiger partial charge is 0.317 e. The van der Waals surface area contributed by atoms with E-state index in [1.807, 2.05) is 0 Å². The van der Waals surface area contributed by atoms with Crippen molar-refractivity contribution in [3.8, 4) is 0 Å². The van der Waals surface area contributed by atoms with Gasteiger partial charge in [-0.15, -0.1) is 0 Å². The van der Waals surface area contributed by atoms with Crippen molar-refractivity contribution in [2.45, 2.75) is 47.1 Å². The van der Waals surface area contributed by atoms with Gasteiger partial charge in [-0.1, -0.05) is 27.7 Å². The van der Waals surface area contributed by atoms with Gasteiger partial charge >= 0.3 is 0 Å². The lowest BCUT2D eigenvalue weighted by Gasteiger charge is -2.42. The average molecular weight is 226 g/mol. The zero-order valence-electron chi connectivity index (χ0n) is 11.8. The minimum absolute atomic E-state index is 0.764. The SMILES string of the molecule is CCNCC(C)CN1CC(C)CC(C)C1C. The van der Waals surface area contributed by atoms with E-state index >= 15 is 0 Å². The summed E-state index contributed by atoms with van der Waals surface area (Å²) < 4.78 is 0. The molecule has 0 spiro atoms. The molecule has 0 aromatic carbocycles. The number of nitrogens with one attached hydrogen (secondary N) is 1. The summed E-state index contributed by atoms with van der Waals surface area (Å²) in [5, 5.41) is 3.45. The van der Waals surface area contributed by atoms with Crippen LogP contribution in [0.2, 0.25) is 0 Å². The smallest absolute Gasteiger partial charge is 0.00929 e. The molecule has 2 heteroatoms. The quantitative estimate of drug-likeness (QED) is 0.775. The zero-order valence-corrected chi connectivity index (χ0v) is 11.8. The summed E-state index contributed by atoms with van der Waals surface area (Å²) in [6, 6.07) is 0.764. The Morgan fingerprint density at radius 3 is 2.62 bits per heavy atom. The fourth-order valence-corrected chi connectivity index (χ4v) is 2.93. The Morgan fingerprint density at radius 2 is 2.00 bits per heavy atom. The van der Waals surface area contributed by atoms with Crippen LogP contribution in [0.3, 0.4) is 0 Å². The van der Waals surface area contributed by atoms with Gasteiger partial charge in [0, 0.05) is 19.1 Å². The van der Waals surface area contributed by atoms with Gasteiger partial charge in [0.15, 0.2) is 0 Å². The molecule has 1 aliphatic rings. The molecule has 0 aliphatic carbocycles. The topological polar surface area (TPSA) is 15.3 Å². The second-order valence-corrected chi connectivity index (χ2v) is 5.93. The van der Waals surface area contributed by atoms with Crippen LogP contribution < -0.4 is 5.32 Å². The van der Waals surface area contributed by atoms with Crippen LogP contribution in [0.5, 0.6) is 0 Å². The molecule has 1 N–H and O–H groups in total. The maximum Gasteiger partial charge on any atom is 0.00929 e. The van der Waals surface area contributed by atoms with E-state index in [-0.39, 0.29) is 0 Å². The van der Waals surface area contributed by atoms with Gasteiger partial charge in [-0.3, -0.25) is 4.90 Å². The second kappa shape index (κ2) is 6.61. The van der Waals surface area contributed by atoms with Crippen molar-refractivity contribution in [1.29, 1.82) is 0 Å². The maximum absolute atomic E-state index is 3.45. The van der Waals surface area contributed by atoms with Gasteiger partial charge in [-0.2, -0.15) is 0 Å². The van der Waals surface area contributed by atoms with Crippen LogP contribution in [0.25, 0.3) is 0 Å². The fourth-order valence-electron chi connectivity index (χ4n) is 2.93. The molecule has 0 saturated carbocycles. The van der Waals surface area contributed by atoms with Crippen LogP contribution in [-0.4, -0.2) is 37.1 Å². The van der Waals surface area contributed by atoms with Gasteiger partial charge in [0.1, 0.15) is 0 Å². The fraction of sp³-hybridized carbons (Fsp3) is 1.00.